The normalized spacial score (nSPS) is 13.8. The van der Waals surface area contributed by atoms with Gasteiger partial charge in [0.15, 0.2) is 5.82 Å². The first-order valence-electron chi connectivity index (χ1n) is 12.6. The molecule has 0 atom stereocenters. The molecule has 1 saturated heterocycles. The van der Waals surface area contributed by atoms with Gasteiger partial charge in [-0.25, -0.2) is 4.79 Å². The molecule has 0 aliphatic carbocycles. The molecular formula is C28H33ClN6O2. The highest BCUT2D eigenvalue weighted by Crippen LogP contribution is 2.26. The van der Waals surface area contributed by atoms with Crippen LogP contribution in [0.25, 0.3) is 11.3 Å². The molecule has 8 nitrogen and oxygen atoms in total. The van der Waals surface area contributed by atoms with Gasteiger partial charge in [-0.2, -0.15) is 0 Å². The lowest BCUT2D eigenvalue weighted by Crippen LogP contribution is -2.48. The van der Waals surface area contributed by atoms with Gasteiger partial charge >= 0.3 is 6.03 Å². The standard InChI is InChI=1S/C28H33ClN6O2/c1-21(2)30-28(37)35(19-22-9-4-3-5-10-22)20-27(36)34-16-8-15-33(17-18-34)26-14-13-25(31-32-26)23-11-6-7-12-24(23)29/h3-7,9-14,21H,8,15-20H2,1-2H3,(H,30,37). The van der Waals surface area contributed by atoms with E-state index in [0.717, 1.165) is 35.6 Å². The third kappa shape index (κ3) is 7.20. The van der Waals surface area contributed by atoms with Gasteiger partial charge in [0, 0.05) is 44.3 Å². The average Bonchev–Trinajstić information content (AvgIpc) is 3.15. The summed E-state index contributed by atoms with van der Waals surface area (Å²) in [4.78, 5) is 31.7. The molecule has 1 aromatic heterocycles. The van der Waals surface area contributed by atoms with E-state index in [2.05, 4.69) is 20.4 Å². The summed E-state index contributed by atoms with van der Waals surface area (Å²) in [7, 11) is 0. The van der Waals surface area contributed by atoms with Crippen LogP contribution in [-0.4, -0.2) is 70.7 Å². The molecule has 0 unspecified atom stereocenters. The van der Waals surface area contributed by atoms with Gasteiger partial charge in [-0.15, -0.1) is 10.2 Å². The fraction of sp³-hybridized carbons (Fsp3) is 0.357. The van der Waals surface area contributed by atoms with Crippen LogP contribution in [0.2, 0.25) is 5.02 Å². The maximum Gasteiger partial charge on any atom is 0.318 e. The van der Waals surface area contributed by atoms with Gasteiger partial charge < -0.3 is 20.0 Å². The van der Waals surface area contributed by atoms with Crippen LogP contribution < -0.4 is 10.2 Å². The van der Waals surface area contributed by atoms with Gasteiger partial charge in [0.25, 0.3) is 0 Å². The Morgan fingerprint density at radius 1 is 0.946 bits per heavy atom. The number of benzene rings is 2. The Labute approximate surface area is 223 Å². The molecule has 0 saturated carbocycles. The van der Waals surface area contributed by atoms with Crippen LogP contribution in [0.1, 0.15) is 25.8 Å². The first kappa shape index (κ1) is 26.4. The molecule has 194 valence electrons. The number of hydrogen-bond donors (Lipinski definition) is 1. The Hall–Kier alpha value is -3.65. The molecule has 2 heterocycles. The molecular weight excluding hydrogens is 488 g/mol. The molecule has 1 aliphatic rings. The minimum absolute atomic E-state index is 0.0157. The molecule has 1 N–H and O–H groups in total. The number of hydrogen-bond acceptors (Lipinski definition) is 5. The molecule has 9 heteroatoms. The van der Waals surface area contributed by atoms with Crippen molar-refractivity contribution >= 4 is 29.4 Å². The Bertz CT molecular complexity index is 1190. The van der Waals surface area contributed by atoms with Crippen molar-refractivity contribution in [2.75, 3.05) is 37.6 Å². The van der Waals surface area contributed by atoms with Gasteiger partial charge in [0.1, 0.15) is 6.54 Å². The van der Waals surface area contributed by atoms with Gasteiger partial charge in [-0.1, -0.05) is 60.1 Å². The smallest absolute Gasteiger partial charge is 0.318 e. The van der Waals surface area contributed by atoms with E-state index in [9.17, 15) is 9.59 Å². The molecule has 2 aromatic carbocycles. The van der Waals surface area contributed by atoms with E-state index in [0.29, 0.717) is 31.2 Å². The SMILES string of the molecule is CC(C)NC(=O)N(CC(=O)N1CCCN(c2ccc(-c3ccccc3Cl)nn2)CC1)Cc1ccccc1. The lowest BCUT2D eigenvalue weighted by molar-refractivity contribution is -0.131. The van der Waals surface area contributed by atoms with Crippen LogP contribution in [0.5, 0.6) is 0 Å². The number of aromatic nitrogens is 2. The third-order valence-corrected chi connectivity index (χ3v) is 6.54. The van der Waals surface area contributed by atoms with E-state index < -0.39 is 0 Å². The molecule has 1 aliphatic heterocycles. The summed E-state index contributed by atoms with van der Waals surface area (Å²) in [5.41, 5.74) is 2.55. The van der Waals surface area contributed by atoms with E-state index in [1.165, 1.54) is 0 Å². The van der Waals surface area contributed by atoms with Crippen LogP contribution >= 0.6 is 11.6 Å². The Balaban J connectivity index is 1.38. The fourth-order valence-corrected chi connectivity index (χ4v) is 4.54. The quantitative estimate of drug-likeness (QED) is 0.497. The monoisotopic (exact) mass is 520 g/mol. The summed E-state index contributed by atoms with van der Waals surface area (Å²) >= 11 is 6.30. The van der Waals surface area contributed by atoms with Crippen LogP contribution in [0.15, 0.2) is 66.7 Å². The molecule has 37 heavy (non-hydrogen) atoms. The molecule has 4 rings (SSSR count). The Morgan fingerprint density at radius 3 is 2.41 bits per heavy atom. The minimum Gasteiger partial charge on any atom is -0.353 e. The number of anilines is 1. The number of carbonyl (C=O) groups is 2. The van der Waals surface area contributed by atoms with Gasteiger partial charge in [0.05, 0.1) is 10.7 Å². The first-order valence-corrected chi connectivity index (χ1v) is 13.0. The van der Waals surface area contributed by atoms with E-state index in [4.69, 9.17) is 11.6 Å². The summed E-state index contributed by atoms with van der Waals surface area (Å²) in [6.07, 6.45) is 0.802. The van der Waals surface area contributed by atoms with Gasteiger partial charge in [-0.3, -0.25) is 4.79 Å². The van der Waals surface area contributed by atoms with Crippen LogP contribution in [0, 0.1) is 0 Å². The Kier molecular flexibility index (Phi) is 8.95. The minimum atomic E-state index is -0.238. The zero-order valence-electron chi connectivity index (χ0n) is 21.3. The highest BCUT2D eigenvalue weighted by molar-refractivity contribution is 6.33. The number of nitrogens with one attached hydrogen (secondary N) is 1. The van der Waals surface area contributed by atoms with Crippen molar-refractivity contribution in [3.05, 3.63) is 77.3 Å². The van der Waals surface area contributed by atoms with E-state index >= 15 is 0 Å². The van der Waals surface area contributed by atoms with Crippen molar-refractivity contribution in [3.8, 4) is 11.3 Å². The summed E-state index contributed by atoms with van der Waals surface area (Å²) in [6.45, 7) is 6.82. The number of amides is 3. The molecule has 0 spiro atoms. The van der Waals surface area contributed by atoms with Crippen molar-refractivity contribution in [3.63, 3.8) is 0 Å². The lowest BCUT2D eigenvalue weighted by atomic mass is 10.1. The topological polar surface area (TPSA) is 81.7 Å². The van der Waals surface area contributed by atoms with Crippen molar-refractivity contribution in [1.29, 1.82) is 0 Å². The van der Waals surface area contributed by atoms with Crippen LogP contribution in [-0.2, 0) is 11.3 Å². The van der Waals surface area contributed by atoms with Gasteiger partial charge in [-0.05, 0) is 44.0 Å². The molecule has 0 bridgehead atoms. The van der Waals surface area contributed by atoms with Crippen molar-refractivity contribution < 1.29 is 9.59 Å². The Morgan fingerprint density at radius 2 is 1.70 bits per heavy atom. The molecule has 0 radical (unpaired) electrons. The van der Waals surface area contributed by atoms with E-state index in [-0.39, 0.29) is 24.5 Å². The number of carbonyl (C=O) groups excluding carboxylic acids is 2. The van der Waals surface area contributed by atoms with Crippen molar-refractivity contribution in [2.24, 2.45) is 0 Å². The summed E-state index contributed by atoms with van der Waals surface area (Å²) in [6, 6.07) is 20.9. The number of urea groups is 1. The predicted octanol–water partition coefficient (Wildman–Crippen LogP) is 4.46. The fourth-order valence-electron chi connectivity index (χ4n) is 4.31. The van der Waals surface area contributed by atoms with Crippen molar-refractivity contribution in [2.45, 2.75) is 32.9 Å². The molecule has 1 fully saturated rings. The molecule has 3 amide bonds. The van der Waals surface area contributed by atoms with Crippen molar-refractivity contribution in [1.82, 2.24) is 25.3 Å². The number of rotatable bonds is 7. The van der Waals surface area contributed by atoms with Crippen LogP contribution in [0.4, 0.5) is 10.6 Å². The zero-order valence-corrected chi connectivity index (χ0v) is 22.1. The average molecular weight is 521 g/mol. The first-order chi connectivity index (χ1) is 17.9. The van der Waals surface area contributed by atoms with E-state index in [1.54, 1.807) is 4.90 Å². The largest absolute Gasteiger partial charge is 0.353 e. The van der Waals surface area contributed by atoms with E-state index in [1.807, 2.05) is 85.5 Å². The van der Waals surface area contributed by atoms with Gasteiger partial charge in [0.2, 0.25) is 5.91 Å². The number of halogens is 1. The number of nitrogens with zero attached hydrogens (tertiary/aromatic N) is 5. The predicted molar refractivity (Wildman–Crippen MR) is 146 cm³/mol. The second-order valence-electron chi connectivity index (χ2n) is 9.42. The zero-order chi connectivity index (χ0) is 26.2. The third-order valence-electron chi connectivity index (χ3n) is 6.21. The molecule has 3 aromatic rings. The lowest BCUT2D eigenvalue weighted by Gasteiger charge is -2.28. The summed E-state index contributed by atoms with van der Waals surface area (Å²) in [5.74, 6) is 0.712. The second kappa shape index (κ2) is 12.5. The van der Waals surface area contributed by atoms with Crippen LogP contribution in [0.3, 0.4) is 0 Å². The summed E-state index contributed by atoms with van der Waals surface area (Å²) in [5, 5.41) is 12.4. The highest BCUT2D eigenvalue weighted by Gasteiger charge is 2.24. The highest BCUT2D eigenvalue weighted by atomic mass is 35.5. The summed E-state index contributed by atoms with van der Waals surface area (Å²) < 4.78 is 0. The maximum atomic E-state index is 13.3. The maximum absolute atomic E-state index is 13.3. The second-order valence-corrected chi connectivity index (χ2v) is 9.83.